The highest BCUT2D eigenvalue weighted by Gasteiger charge is 2.31. The summed E-state index contributed by atoms with van der Waals surface area (Å²) in [6.07, 6.45) is 4.03. The Bertz CT molecular complexity index is 1020. The minimum atomic E-state index is -0.299. The molecule has 1 amide bonds. The number of carbonyl (C=O) groups excluding carboxylic acids is 1. The van der Waals surface area contributed by atoms with E-state index in [4.69, 9.17) is 0 Å². The van der Waals surface area contributed by atoms with Crippen molar-refractivity contribution in [1.29, 1.82) is 0 Å². The first-order valence-electron chi connectivity index (χ1n) is 9.00. The van der Waals surface area contributed by atoms with Gasteiger partial charge >= 0.3 is 0 Å². The standard InChI is InChI=1S/C22H19FN4O/c1-15(28)27-22(16-5-7-18(23)8-6-16)14-21(26-27)17-3-2-4-20(13-17)25-19-9-11-24-12-10-19/h2-13,22H,14H2,1H3,(H,24,25). The Labute approximate surface area is 162 Å². The Kier molecular flexibility index (Phi) is 4.85. The summed E-state index contributed by atoms with van der Waals surface area (Å²) in [5.74, 6) is -0.442. The molecule has 1 aliphatic heterocycles. The first-order chi connectivity index (χ1) is 13.6. The smallest absolute Gasteiger partial charge is 0.240 e. The molecule has 0 spiro atoms. The van der Waals surface area contributed by atoms with Crippen molar-refractivity contribution >= 4 is 23.0 Å². The average Bonchev–Trinajstić information content (AvgIpc) is 3.15. The topological polar surface area (TPSA) is 57.6 Å². The summed E-state index contributed by atoms with van der Waals surface area (Å²) in [5.41, 5.74) is 4.49. The van der Waals surface area contributed by atoms with E-state index in [-0.39, 0.29) is 17.8 Å². The number of benzene rings is 2. The van der Waals surface area contributed by atoms with Crippen LogP contribution in [0, 0.1) is 5.82 Å². The third kappa shape index (κ3) is 3.76. The normalized spacial score (nSPS) is 16.0. The van der Waals surface area contributed by atoms with Crippen LogP contribution in [0.3, 0.4) is 0 Å². The van der Waals surface area contributed by atoms with Gasteiger partial charge in [0.2, 0.25) is 5.91 Å². The number of amides is 1. The quantitative estimate of drug-likeness (QED) is 0.722. The molecule has 0 aliphatic carbocycles. The summed E-state index contributed by atoms with van der Waals surface area (Å²) in [5, 5.41) is 9.37. The number of nitrogens with one attached hydrogen (secondary N) is 1. The second-order valence-electron chi connectivity index (χ2n) is 6.62. The number of nitrogens with zero attached hydrogens (tertiary/aromatic N) is 3. The number of hydrogen-bond donors (Lipinski definition) is 1. The zero-order chi connectivity index (χ0) is 19.5. The van der Waals surface area contributed by atoms with Crippen LogP contribution in [0.2, 0.25) is 0 Å². The number of aromatic nitrogens is 1. The summed E-state index contributed by atoms with van der Waals surface area (Å²) in [4.78, 5) is 16.1. The molecule has 1 aromatic heterocycles. The van der Waals surface area contributed by atoms with Gasteiger partial charge in [0.25, 0.3) is 0 Å². The molecular formula is C22H19FN4O. The Balaban J connectivity index is 1.60. The van der Waals surface area contributed by atoms with Crippen LogP contribution in [0.1, 0.15) is 30.5 Å². The molecule has 140 valence electrons. The van der Waals surface area contributed by atoms with Crippen LogP contribution in [-0.4, -0.2) is 21.6 Å². The summed E-state index contributed by atoms with van der Waals surface area (Å²) in [7, 11) is 0. The van der Waals surface area contributed by atoms with Crippen molar-refractivity contribution in [3.05, 3.63) is 90.0 Å². The zero-order valence-electron chi connectivity index (χ0n) is 15.3. The van der Waals surface area contributed by atoms with Crippen LogP contribution in [-0.2, 0) is 4.79 Å². The number of rotatable bonds is 4. The molecule has 0 saturated heterocycles. The van der Waals surface area contributed by atoms with Gasteiger partial charge in [-0.15, -0.1) is 0 Å². The van der Waals surface area contributed by atoms with E-state index in [0.717, 1.165) is 28.2 Å². The van der Waals surface area contributed by atoms with E-state index in [1.807, 2.05) is 36.4 Å². The van der Waals surface area contributed by atoms with Gasteiger partial charge in [-0.25, -0.2) is 9.40 Å². The molecule has 0 radical (unpaired) electrons. The molecule has 3 aromatic rings. The highest BCUT2D eigenvalue weighted by molar-refractivity contribution is 6.03. The molecule has 1 atom stereocenters. The van der Waals surface area contributed by atoms with E-state index < -0.39 is 0 Å². The van der Waals surface area contributed by atoms with Gasteiger partial charge in [0.05, 0.1) is 11.8 Å². The maximum atomic E-state index is 13.3. The third-order valence-electron chi connectivity index (χ3n) is 4.65. The number of pyridine rings is 1. The molecule has 0 saturated carbocycles. The van der Waals surface area contributed by atoms with Gasteiger partial charge in [-0.3, -0.25) is 9.78 Å². The number of hydrogen-bond acceptors (Lipinski definition) is 4. The second-order valence-corrected chi connectivity index (χ2v) is 6.62. The minimum Gasteiger partial charge on any atom is -0.355 e. The average molecular weight is 374 g/mol. The van der Waals surface area contributed by atoms with Crippen molar-refractivity contribution in [3.63, 3.8) is 0 Å². The SMILES string of the molecule is CC(=O)N1N=C(c2cccc(Nc3ccncc3)c2)CC1c1ccc(F)cc1. The van der Waals surface area contributed by atoms with Crippen molar-refractivity contribution in [2.45, 2.75) is 19.4 Å². The number of hydrazone groups is 1. The molecule has 1 aliphatic rings. The van der Waals surface area contributed by atoms with E-state index in [1.54, 1.807) is 24.5 Å². The predicted molar refractivity (Wildman–Crippen MR) is 107 cm³/mol. The van der Waals surface area contributed by atoms with Crippen molar-refractivity contribution < 1.29 is 9.18 Å². The van der Waals surface area contributed by atoms with Crippen LogP contribution < -0.4 is 5.32 Å². The lowest BCUT2D eigenvalue weighted by Gasteiger charge is -2.20. The predicted octanol–water partition coefficient (Wildman–Crippen LogP) is 4.66. The van der Waals surface area contributed by atoms with Crippen LogP contribution >= 0.6 is 0 Å². The first-order valence-corrected chi connectivity index (χ1v) is 9.00. The van der Waals surface area contributed by atoms with Crippen LogP contribution in [0.4, 0.5) is 15.8 Å². The third-order valence-corrected chi connectivity index (χ3v) is 4.65. The van der Waals surface area contributed by atoms with Gasteiger partial charge < -0.3 is 5.32 Å². The molecule has 0 bridgehead atoms. The lowest BCUT2D eigenvalue weighted by molar-refractivity contribution is -0.130. The van der Waals surface area contributed by atoms with Crippen molar-refractivity contribution in [1.82, 2.24) is 9.99 Å². The molecule has 4 rings (SSSR count). The molecule has 28 heavy (non-hydrogen) atoms. The molecule has 5 nitrogen and oxygen atoms in total. The van der Waals surface area contributed by atoms with Crippen LogP contribution in [0.5, 0.6) is 0 Å². The fourth-order valence-corrected chi connectivity index (χ4v) is 3.30. The molecule has 0 fully saturated rings. The van der Waals surface area contributed by atoms with E-state index >= 15 is 0 Å². The van der Waals surface area contributed by atoms with Gasteiger partial charge in [-0.2, -0.15) is 5.10 Å². The van der Waals surface area contributed by atoms with Gasteiger partial charge in [0.1, 0.15) is 5.82 Å². The van der Waals surface area contributed by atoms with Gasteiger partial charge in [0, 0.05) is 37.1 Å². The number of carbonyl (C=O) groups is 1. The molecule has 1 unspecified atom stereocenters. The maximum absolute atomic E-state index is 13.3. The summed E-state index contributed by atoms with van der Waals surface area (Å²) in [6.45, 7) is 1.49. The monoisotopic (exact) mass is 374 g/mol. The van der Waals surface area contributed by atoms with Crippen molar-refractivity contribution in [2.75, 3.05) is 5.32 Å². The maximum Gasteiger partial charge on any atom is 0.240 e. The van der Waals surface area contributed by atoms with E-state index in [0.29, 0.717) is 6.42 Å². The van der Waals surface area contributed by atoms with Gasteiger partial charge in [-0.1, -0.05) is 24.3 Å². The fourth-order valence-electron chi connectivity index (χ4n) is 3.30. The Morgan fingerprint density at radius 1 is 1.07 bits per heavy atom. The van der Waals surface area contributed by atoms with E-state index in [2.05, 4.69) is 15.4 Å². The van der Waals surface area contributed by atoms with Crippen LogP contribution in [0.15, 0.2) is 78.2 Å². The molecule has 1 N–H and O–H groups in total. The second kappa shape index (κ2) is 7.60. The molecule has 6 heteroatoms. The van der Waals surface area contributed by atoms with Crippen molar-refractivity contribution in [2.24, 2.45) is 5.10 Å². The number of anilines is 2. The van der Waals surface area contributed by atoms with E-state index in [9.17, 15) is 9.18 Å². The molecule has 2 aromatic carbocycles. The largest absolute Gasteiger partial charge is 0.355 e. The van der Waals surface area contributed by atoms with Crippen LogP contribution in [0.25, 0.3) is 0 Å². The van der Waals surface area contributed by atoms with Crippen molar-refractivity contribution in [3.8, 4) is 0 Å². The summed E-state index contributed by atoms with van der Waals surface area (Å²) < 4.78 is 13.3. The summed E-state index contributed by atoms with van der Waals surface area (Å²) >= 11 is 0. The minimum absolute atomic E-state index is 0.143. The Morgan fingerprint density at radius 2 is 1.82 bits per heavy atom. The molecular weight excluding hydrogens is 355 g/mol. The highest BCUT2D eigenvalue weighted by Crippen LogP contribution is 2.33. The lowest BCUT2D eigenvalue weighted by atomic mass is 9.98. The lowest BCUT2D eigenvalue weighted by Crippen LogP contribution is -2.24. The fraction of sp³-hybridized carbons (Fsp3) is 0.136. The van der Waals surface area contributed by atoms with E-state index in [1.165, 1.54) is 24.1 Å². The zero-order valence-corrected chi connectivity index (χ0v) is 15.3. The Hall–Kier alpha value is -3.54. The summed E-state index contributed by atoms with van der Waals surface area (Å²) in [6, 6.07) is 17.7. The van der Waals surface area contributed by atoms with Gasteiger partial charge in [-0.05, 0) is 47.5 Å². The molecule has 2 heterocycles. The number of halogens is 1. The Morgan fingerprint density at radius 3 is 2.54 bits per heavy atom. The first kappa shape index (κ1) is 17.9. The highest BCUT2D eigenvalue weighted by atomic mass is 19.1. The van der Waals surface area contributed by atoms with Gasteiger partial charge in [0.15, 0.2) is 0 Å².